The molecular weight excluding hydrogens is 220 g/mol. The molecule has 0 bridgehead atoms. The van der Waals surface area contributed by atoms with Crippen LogP contribution in [-0.2, 0) is 11.3 Å². The van der Waals surface area contributed by atoms with Gasteiger partial charge in [0.1, 0.15) is 0 Å². The summed E-state index contributed by atoms with van der Waals surface area (Å²) in [7, 11) is 0. The largest absolute Gasteiger partial charge is 0.420 e. The molecule has 2 rings (SSSR count). The number of anilines is 1. The molecule has 0 aliphatic rings. The molecule has 2 aromatic rings. The first-order chi connectivity index (χ1) is 8.22. The molecular formula is C12H16N2O3. The maximum absolute atomic E-state index is 11.6. The minimum Gasteiger partial charge on any atom is -0.408 e. The van der Waals surface area contributed by atoms with Crippen LogP contribution in [0, 0.1) is 0 Å². The van der Waals surface area contributed by atoms with Crippen molar-refractivity contribution in [2.45, 2.75) is 19.9 Å². The van der Waals surface area contributed by atoms with Gasteiger partial charge in [-0.1, -0.05) is 6.92 Å². The number of hydrogen-bond donors (Lipinski definition) is 1. The molecule has 0 fully saturated rings. The van der Waals surface area contributed by atoms with Gasteiger partial charge in [-0.05, 0) is 18.6 Å². The summed E-state index contributed by atoms with van der Waals surface area (Å²) in [4.78, 5) is 11.6. The Morgan fingerprint density at radius 3 is 3.00 bits per heavy atom. The van der Waals surface area contributed by atoms with Crippen molar-refractivity contribution in [3.8, 4) is 0 Å². The average molecular weight is 236 g/mol. The summed E-state index contributed by atoms with van der Waals surface area (Å²) in [6.45, 7) is 3.75. The van der Waals surface area contributed by atoms with Crippen LogP contribution in [0.2, 0.25) is 0 Å². The lowest BCUT2D eigenvalue weighted by atomic mass is 10.3. The minimum atomic E-state index is -0.370. The molecule has 2 N–H and O–H groups in total. The van der Waals surface area contributed by atoms with Gasteiger partial charge >= 0.3 is 5.76 Å². The molecule has 1 heterocycles. The zero-order valence-corrected chi connectivity index (χ0v) is 9.81. The van der Waals surface area contributed by atoms with Crippen molar-refractivity contribution < 1.29 is 9.15 Å². The summed E-state index contributed by atoms with van der Waals surface area (Å²) in [5.74, 6) is -0.370. The molecule has 17 heavy (non-hydrogen) atoms. The number of nitrogens with two attached hydrogens (primary N) is 1. The summed E-state index contributed by atoms with van der Waals surface area (Å²) in [6, 6.07) is 5.19. The predicted molar refractivity (Wildman–Crippen MR) is 66.0 cm³/mol. The van der Waals surface area contributed by atoms with E-state index >= 15 is 0 Å². The van der Waals surface area contributed by atoms with Crippen LogP contribution in [0.25, 0.3) is 11.1 Å². The molecule has 0 amide bonds. The molecule has 0 radical (unpaired) electrons. The van der Waals surface area contributed by atoms with Crippen LogP contribution in [0.1, 0.15) is 13.3 Å². The second kappa shape index (κ2) is 5.05. The van der Waals surface area contributed by atoms with Gasteiger partial charge in [0.05, 0.1) is 18.7 Å². The van der Waals surface area contributed by atoms with Crippen molar-refractivity contribution in [3.63, 3.8) is 0 Å². The Morgan fingerprint density at radius 1 is 1.41 bits per heavy atom. The number of aromatic nitrogens is 1. The topological polar surface area (TPSA) is 70.4 Å². The van der Waals surface area contributed by atoms with Crippen LogP contribution in [0.4, 0.5) is 5.69 Å². The van der Waals surface area contributed by atoms with E-state index in [-0.39, 0.29) is 5.76 Å². The van der Waals surface area contributed by atoms with Crippen LogP contribution in [0.3, 0.4) is 0 Å². The van der Waals surface area contributed by atoms with Gasteiger partial charge in [0.2, 0.25) is 0 Å². The highest BCUT2D eigenvalue weighted by Gasteiger charge is 2.08. The number of nitrogen functional groups attached to an aromatic ring is 1. The van der Waals surface area contributed by atoms with Crippen molar-refractivity contribution in [3.05, 3.63) is 28.7 Å². The third-order valence-corrected chi connectivity index (χ3v) is 2.50. The lowest BCUT2D eigenvalue weighted by Crippen LogP contribution is -2.17. The van der Waals surface area contributed by atoms with E-state index in [2.05, 4.69) is 0 Å². The highest BCUT2D eigenvalue weighted by molar-refractivity contribution is 5.76. The number of rotatable bonds is 5. The van der Waals surface area contributed by atoms with Crippen LogP contribution in [0.5, 0.6) is 0 Å². The predicted octanol–water partition coefficient (Wildman–Crippen LogP) is 1.60. The fraction of sp³-hybridized carbons (Fsp3) is 0.417. The molecule has 5 nitrogen and oxygen atoms in total. The van der Waals surface area contributed by atoms with Gasteiger partial charge in [-0.3, -0.25) is 4.57 Å². The van der Waals surface area contributed by atoms with Crippen molar-refractivity contribution in [1.29, 1.82) is 0 Å². The zero-order valence-electron chi connectivity index (χ0n) is 9.81. The van der Waals surface area contributed by atoms with Gasteiger partial charge in [-0.15, -0.1) is 0 Å². The molecule has 1 aromatic heterocycles. The Morgan fingerprint density at radius 2 is 2.24 bits per heavy atom. The normalized spacial score (nSPS) is 11.1. The lowest BCUT2D eigenvalue weighted by molar-refractivity contribution is 0.126. The Kier molecular flexibility index (Phi) is 3.49. The van der Waals surface area contributed by atoms with Crippen LogP contribution in [-0.4, -0.2) is 17.8 Å². The smallest absolute Gasteiger partial charge is 0.408 e. The van der Waals surface area contributed by atoms with Crippen LogP contribution >= 0.6 is 0 Å². The summed E-state index contributed by atoms with van der Waals surface area (Å²) < 4.78 is 12.0. The number of hydrogen-bond acceptors (Lipinski definition) is 4. The van der Waals surface area contributed by atoms with Crippen molar-refractivity contribution >= 4 is 16.8 Å². The van der Waals surface area contributed by atoms with E-state index in [1.165, 1.54) is 0 Å². The molecule has 5 heteroatoms. The summed E-state index contributed by atoms with van der Waals surface area (Å²) in [5.41, 5.74) is 7.48. The number of fused-ring (bicyclic) bond motifs is 1. The lowest BCUT2D eigenvalue weighted by Gasteiger charge is -2.03. The molecule has 0 aliphatic carbocycles. The maximum Gasteiger partial charge on any atom is 0.420 e. The zero-order chi connectivity index (χ0) is 12.3. The number of oxazole rings is 1. The van der Waals surface area contributed by atoms with E-state index in [1.807, 2.05) is 6.92 Å². The highest BCUT2D eigenvalue weighted by Crippen LogP contribution is 2.15. The quantitative estimate of drug-likeness (QED) is 0.632. The molecule has 0 saturated heterocycles. The van der Waals surface area contributed by atoms with E-state index in [0.717, 1.165) is 11.9 Å². The average Bonchev–Trinajstić information content (AvgIpc) is 2.60. The van der Waals surface area contributed by atoms with Gasteiger partial charge in [0, 0.05) is 18.4 Å². The maximum atomic E-state index is 11.6. The highest BCUT2D eigenvalue weighted by atomic mass is 16.5. The summed E-state index contributed by atoms with van der Waals surface area (Å²) >= 11 is 0. The van der Waals surface area contributed by atoms with Crippen LogP contribution in [0.15, 0.2) is 27.4 Å². The van der Waals surface area contributed by atoms with Gasteiger partial charge in [-0.25, -0.2) is 4.79 Å². The Bertz CT molecular complexity index is 556. The van der Waals surface area contributed by atoms with Gasteiger partial charge < -0.3 is 14.9 Å². The van der Waals surface area contributed by atoms with Crippen molar-refractivity contribution in [1.82, 2.24) is 4.57 Å². The molecule has 0 unspecified atom stereocenters. The SMILES string of the molecule is CCCOCCn1c(=O)oc2cc(N)ccc21. The Labute approximate surface area is 98.8 Å². The molecule has 1 aromatic carbocycles. The first-order valence-electron chi connectivity index (χ1n) is 5.69. The molecule has 0 aliphatic heterocycles. The van der Waals surface area contributed by atoms with Gasteiger partial charge in [0.25, 0.3) is 0 Å². The minimum absolute atomic E-state index is 0.370. The molecule has 92 valence electrons. The second-order valence-corrected chi connectivity index (χ2v) is 3.86. The molecule has 0 atom stereocenters. The van der Waals surface area contributed by atoms with Crippen molar-refractivity contribution in [2.75, 3.05) is 18.9 Å². The third-order valence-electron chi connectivity index (χ3n) is 2.50. The first kappa shape index (κ1) is 11.7. The van der Waals surface area contributed by atoms with Gasteiger partial charge in [0.15, 0.2) is 5.58 Å². The fourth-order valence-electron chi connectivity index (χ4n) is 1.70. The van der Waals surface area contributed by atoms with E-state index < -0.39 is 0 Å². The number of nitrogens with zero attached hydrogens (tertiary/aromatic N) is 1. The van der Waals surface area contributed by atoms with E-state index in [4.69, 9.17) is 14.9 Å². The monoisotopic (exact) mass is 236 g/mol. The van der Waals surface area contributed by atoms with Crippen LogP contribution < -0.4 is 11.5 Å². The van der Waals surface area contributed by atoms with E-state index in [0.29, 0.717) is 31.0 Å². The first-order valence-corrected chi connectivity index (χ1v) is 5.69. The number of ether oxygens (including phenoxy) is 1. The standard InChI is InChI=1S/C12H16N2O3/c1-2-6-16-7-5-14-10-4-3-9(13)8-11(10)17-12(14)15/h3-4,8H,2,5-7,13H2,1H3. The molecule has 0 saturated carbocycles. The van der Waals surface area contributed by atoms with E-state index in [1.54, 1.807) is 22.8 Å². The summed E-state index contributed by atoms with van der Waals surface area (Å²) in [6.07, 6.45) is 0.970. The van der Waals surface area contributed by atoms with Crippen molar-refractivity contribution in [2.24, 2.45) is 0 Å². The summed E-state index contributed by atoms with van der Waals surface area (Å²) in [5, 5.41) is 0. The van der Waals surface area contributed by atoms with E-state index in [9.17, 15) is 4.79 Å². The second-order valence-electron chi connectivity index (χ2n) is 3.86. The van der Waals surface area contributed by atoms with Gasteiger partial charge in [-0.2, -0.15) is 0 Å². The fourth-order valence-corrected chi connectivity index (χ4v) is 1.70. The Balaban J connectivity index is 2.21. The molecule has 0 spiro atoms. The number of benzene rings is 1. The third kappa shape index (κ3) is 2.50. The Hall–Kier alpha value is -1.75.